The summed E-state index contributed by atoms with van der Waals surface area (Å²) in [6, 6.07) is 0. The fourth-order valence-electron chi connectivity index (χ4n) is 3.03. The van der Waals surface area contributed by atoms with Gasteiger partial charge in [-0.15, -0.1) is 11.6 Å². The van der Waals surface area contributed by atoms with Crippen LogP contribution < -0.4 is 5.11 Å². The predicted octanol–water partition coefficient (Wildman–Crippen LogP) is 5.93. The zero-order chi connectivity index (χ0) is 20.8. The van der Waals surface area contributed by atoms with E-state index in [1.54, 1.807) is 21.1 Å². The van der Waals surface area contributed by atoms with E-state index in [-0.39, 0.29) is 6.54 Å². The smallest absolute Gasteiger partial charge is 0.118 e. The lowest BCUT2D eigenvalue weighted by atomic mass is 10.0. The van der Waals surface area contributed by atoms with Gasteiger partial charge in [0, 0.05) is 5.88 Å². The molecule has 0 aromatic rings. The van der Waals surface area contributed by atoms with Crippen LogP contribution in [0, 0.1) is 0 Å². The van der Waals surface area contributed by atoms with Crippen molar-refractivity contribution in [1.29, 1.82) is 0 Å². The van der Waals surface area contributed by atoms with E-state index in [2.05, 4.69) is 6.92 Å². The number of carboxylic acids is 1. The van der Waals surface area contributed by atoms with E-state index in [0.29, 0.717) is 4.48 Å². The summed E-state index contributed by atoms with van der Waals surface area (Å²) in [5.41, 5.74) is 0. The van der Waals surface area contributed by atoms with Crippen molar-refractivity contribution in [3.8, 4) is 0 Å². The lowest BCUT2D eigenvalue weighted by molar-refractivity contribution is -0.864. The molecule has 0 aliphatic carbocycles. The van der Waals surface area contributed by atoms with E-state index in [1.165, 1.54) is 103 Å². The van der Waals surface area contributed by atoms with E-state index >= 15 is 0 Å². The third kappa shape index (κ3) is 33.7. The fourth-order valence-corrected chi connectivity index (χ4v) is 3.22. The number of carboxylic acid groups (broad SMARTS) is 1. The molecular formula is C23H48ClNO2. The highest BCUT2D eigenvalue weighted by atomic mass is 35.5. The largest absolute Gasteiger partial charge is 0.544 e. The first kappa shape index (κ1) is 28.9. The lowest BCUT2D eigenvalue weighted by Crippen LogP contribution is -2.45. The SMILES string of the molecule is CCCCCCCCCCCCCCCCCCCl.C[N+](C)(C)CC(=O)[O-]. The van der Waals surface area contributed by atoms with Crippen molar-refractivity contribution in [2.75, 3.05) is 33.6 Å². The fraction of sp³-hybridized carbons (Fsp3) is 0.957. The summed E-state index contributed by atoms with van der Waals surface area (Å²) in [7, 11) is 5.40. The zero-order valence-corrected chi connectivity index (χ0v) is 19.6. The second-order valence-electron chi connectivity index (χ2n) is 8.81. The molecule has 0 bridgehead atoms. The van der Waals surface area contributed by atoms with Gasteiger partial charge in [0.05, 0.1) is 27.1 Å². The molecule has 0 N–H and O–H groups in total. The van der Waals surface area contributed by atoms with Gasteiger partial charge >= 0.3 is 0 Å². The molecule has 0 atom stereocenters. The first-order valence-electron chi connectivity index (χ1n) is 11.4. The van der Waals surface area contributed by atoms with E-state index in [0.717, 1.165) is 5.88 Å². The molecule has 0 aliphatic rings. The highest BCUT2D eigenvalue weighted by Gasteiger charge is 2.04. The van der Waals surface area contributed by atoms with Crippen LogP contribution in [0.25, 0.3) is 0 Å². The molecule has 0 heterocycles. The van der Waals surface area contributed by atoms with Gasteiger partial charge in [0.1, 0.15) is 6.54 Å². The Kier molecular flexibility index (Phi) is 23.6. The Balaban J connectivity index is 0. The summed E-state index contributed by atoms with van der Waals surface area (Å²) in [6.07, 6.45) is 22.8. The van der Waals surface area contributed by atoms with Crippen LogP contribution >= 0.6 is 11.6 Å². The summed E-state index contributed by atoms with van der Waals surface area (Å²) in [5, 5.41) is 9.89. The first-order valence-corrected chi connectivity index (χ1v) is 11.9. The number of hydrogen-bond acceptors (Lipinski definition) is 2. The maximum absolute atomic E-state index is 9.89. The highest BCUT2D eigenvalue weighted by molar-refractivity contribution is 6.17. The molecule has 27 heavy (non-hydrogen) atoms. The first-order chi connectivity index (χ1) is 12.8. The van der Waals surface area contributed by atoms with Gasteiger partial charge in [0.15, 0.2) is 0 Å². The second-order valence-corrected chi connectivity index (χ2v) is 9.19. The minimum Gasteiger partial charge on any atom is -0.544 e. The van der Waals surface area contributed by atoms with Crippen LogP contribution in [0.5, 0.6) is 0 Å². The minimum atomic E-state index is -1.00. The second kappa shape index (κ2) is 22.0. The van der Waals surface area contributed by atoms with E-state index in [4.69, 9.17) is 11.6 Å². The summed E-state index contributed by atoms with van der Waals surface area (Å²) in [5.74, 6) is -0.157. The number of likely N-dealkylation sites (N-methyl/N-ethyl adjacent to an activating group) is 1. The van der Waals surface area contributed by atoms with Crippen LogP contribution in [0.4, 0.5) is 0 Å². The van der Waals surface area contributed by atoms with Gasteiger partial charge in [-0.2, -0.15) is 0 Å². The average molecular weight is 406 g/mol. The average Bonchev–Trinajstić information content (AvgIpc) is 2.57. The molecule has 0 unspecified atom stereocenters. The normalized spacial score (nSPS) is 11.1. The Bertz CT molecular complexity index is 287. The Morgan fingerprint density at radius 1 is 0.667 bits per heavy atom. The molecule has 0 saturated carbocycles. The molecule has 0 aliphatic heterocycles. The maximum atomic E-state index is 9.89. The molecular weight excluding hydrogens is 358 g/mol. The molecule has 0 aromatic heterocycles. The number of rotatable bonds is 18. The van der Waals surface area contributed by atoms with Gasteiger partial charge in [-0.3, -0.25) is 0 Å². The molecule has 0 amide bonds. The number of aliphatic carboxylic acids is 1. The third-order valence-electron chi connectivity index (χ3n) is 4.59. The quantitative estimate of drug-likeness (QED) is 0.161. The van der Waals surface area contributed by atoms with Crippen molar-refractivity contribution in [1.82, 2.24) is 0 Å². The van der Waals surface area contributed by atoms with Crippen molar-refractivity contribution >= 4 is 17.6 Å². The predicted molar refractivity (Wildman–Crippen MR) is 118 cm³/mol. The Hall–Kier alpha value is -0.280. The molecule has 0 aromatic carbocycles. The Labute approximate surface area is 175 Å². The summed E-state index contributed by atoms with van der Waals surface area (Å²) in [6.45, 7) is 2.36. The zero-order valence-electron chi connectivity index (χ0n) is 18.9. The topological polar surface area (TPSA) is 40.1 Å². The number of alkyl halides is 1. The summed E-state index contributed by atoms with van der Waals surface area (Å²) >= 11 is 5.66. The van der Waals surface area contributed by atoms with Gasteiger partial charge in [-0.25, -0.2) is 0 Å². The van der Waals surface area contributed by atoms with Gasteiger partial charge in [0.25, 0.3) is 0 Å². The molecule has 0 radical (unpaired) electrons. The van der Waals surface area contributed by atoms with Gasteiger partial charge in [-0.05, 0) is 6.42 Å². The standard InChI is InChI=1S/C18H37Cl.C5H11NO2/c1-2-3-4-5-6-7-8-9-10-11-12-13-14-15-16-17-18-19;1-6(2,3)4-5(7)8/h2-18H2,1H3;4H2,1-3H3. The van der Waals surface area contributed by atoms with E-state index in [9.17, 15) is 9.90 Å². The van der Waals surface area contributed by atoms with Crippen molar-refractivity contribution in [3.63, 3.8) is 0 Å². The number of hydrogen-bond donors (Lipinski definition) is 0. The third-order valence-corrected chi connectivity index (χ3v) is 4.86. The molecule has 0 fully saturated rings. The number of quaternary nitrogens is 1. The van der Waals surface area contributed by atoms with Gasteiger partial charge in [0.2, 0.25) is 0 Å². The Morgan fingerprint density at radius 3 is 1.15 bits per heavy atom. The van der Waals surface area contributed by atoms with Crippen LogP contribution in [-0.4, -0.2) is 44.0 Å². The molecule has 4 heteroatoms. The number of carbonyl (C=O) groups is 1. The van der Waals surface area contributed by atoms with E-state index < -0.39 is 5.97 Å². The van der Waals surface area contributed by atoms with Crippen molar-refractivity contribution < 1.29 is 14.4 Å². The van der Waals surface area contributed by atoms with Crippen molar-refractivity contribution in [3.05, 3.63) is 0 Å². The molecule has 3 nitrogen and oxygen atoms in total. The van der Waals surface area contributed by atoms with Gasteiger partial charge in [-0.1, -0.05) is 103 Å². The number of nitrogens with zero attached hydrogens (tertiary/aromatic N) is 1. The number of halogens is 1. The molecule has 0 spiro atoms. The highest BCUT2D eigenvalue weighted by Crippen LogP contribution is 2.13. The minimum absolute atomic E-state index is 0.0694. The summed E-state index contributed by atoms with van der Waals surface area (Å²) < 4.78 is 0.419. The van der Waals surface area contributed by atoms with Crippen molar-refractivity contribution in [2.45, 2.75) is 110 Å². The molecule has 0 saturated heterocycles. The van der Waals surface area contributed by atoms with E-state index in [1.807, 2.05) is 0 Å². The number of unbranched alkanes of at least 4 members (excludes halogenated alkanes) is 15. The van der Waals surface area contributed by atoms with Crippen molar-refractivity contribution in [2.24, 2.45) is 0 Å². The van der Waals surface area contributed by atoms with Crippen LogP contribution in [0.15, 0.2) is 0 Å². The van der Waals surface area contributed by atoms with Crippen LogP contribution in [0.2, 0.25) is 0 Å². The monoisotopic (exact) mass is 405 g/mol. The lowest BCUT2D eigenvalue weighted by Gasteiger charge is -2.23. The van der Waals surface area contributed by atoms with Crippen LogP contribution in [-0.2, 0) is 4.79 Å². The van der Waals surface area contributed by atoms with Crippen LogP contribution in [0.3, 0.4) is 0 Å². The van der Waals surface area contributed by atoms with Gasteiger partial charge < -0.3 is 14.4 Å². The Morgan fingerprint density at radius 2 is 0.963 bits per heavy atom. The van der Waals surface area contributed by atoms with Crippen LogP contribution in [0.1, 0.15) is 110 Å². The number of carbonyl (C=O) groups excluding carboxylic acids is 1. The summed E-state index contributed by atoms with van der Waals surface area (Å²) in [4.78, 5) is 9.89. The molecule has 164 valence electrons. The molecule has 0 rings (SSSR count). The maximum Gasteiger partial charge on any atom is 0.118 e.